The smallest absolute Gasteiger partial charge is 0.0626 e. The molecule has 1 atom stereocenters. The summed E-state index contributed by atoms with van der Waals surface area (Å²) in [7, 11) is 0. The first-order valence-electron chi connectivity index (χ1n) is 4.66. The highest BCUT2D eigenvalue weighted by Crippen LogP contribution is 2.11. The van der Waals surface area contributed by atoms with Gasteiger partial charge in [-0.05, 0) is 5.56 Å². The number of aliphatic hydroxyl groups is 1. The van der Waals surface area contributed by atoms with E-state index in [0.29, 0.717) is 6.04 Å². The van der Waals surface area contributed by atoms with E-state index < -0.39 is 0 Å². The topological polar surface area (TPSA) is 32.3 Å². The Morgan fingerprint density at radius 3 is 2.31 bits per heavy atom. The van der Waals surface area contributed by atoms with E-state index in [-0.39, 0.29) is 12.6 Å². The average molecular weight is 179 g/mol. The Morgan fingerprint density at radius 1 is 1.23 bits per heavy atom. The van der Waals surface area contributed by atoms with Gasteiger partial charge >= 0.3 is 0 Å². The van der Waals surface area contributed by atoms with E-state index in [2.05, 4.69) is 19.2 Å². The first-order valence-corrected chi connectivity index (χ1v) is 4.66. The van der Waals surface area contributed by atoms with Crippen LogP contribution in [0.1, 0.15) is 25.5 Å². The Hall–Kier alpha value is -0.860. The summed E-state index contributed by atoms with van der Waals surface area (Å²) in [5.41, 5.74) is 1.14. The normalized spacial score (nSPS) is 13.2. The second-order valence-corrected chi connectivity index (χ2v) is 3.47. The number of aliphatic hydroxyl groups excluding tert-OH is 1. The summed E-state index contributed by atoms with van der Waals surface area (Å²) in [6.07, 6.45) is 0. The van der Waals surface area contributed by atoms with Crippen LogP contribution in [0.15, 0.2) is 30.3 Å². The lowest BCUT2D eigenvalue weighted by molar-refractivity contribution is 0.237. The summed E-state index contributed by atoms with van der Waals surface area (Å²) in [6, 6.07) is 10.4. The van der Waals surface area contributed by atoms with Crippen molar-refractivity contribution in [1.82, 2.24) is 5.32 Å². The molecule has 72 valence electrons. The highest BCUT2D eigenvalue weighted by Gasteiger charge is 2.09. The number of rotatable bonds is 4. The van der Waals surface area contributed by atoms with E-state index in [0.717, 1.165) is 5.56 Å². The van der Waals surface area contributed by atoms with E-state index in [1.54, 1.807) is 0 Å². The second kappa shape index (κ2) is 5.00. The van der Waals surface area contributed by atoms with Crippen molar-refractivity contribution >= 4 is 0 Å². The lowest BCUT2D eigenvalue weighted by Crippen LogP contribution is -2.30. The molecule has 0 aliphatic heterocycles. The molecular weight excluding hydrogens is 162 g/mol. The summed E-state index contributed by atoms with van der Waals surface area (Å²) < 4.78 is 0. The monoisotopic (exact) mass is 179 g/mol. The van der Waals surface area contributed by atoms with Gasteiger partial charge in [-0.25, -0.2) is 0 Å². The standard InChI is InChI=1S/C11H17NO/c1-9(2)12-11(8-13)10-6-4-3-5-7-10/h3-7,9,11-13H,8H2,1-2H3. The minimum Gasteiger partial charge on any atom is -0.394 e. The molecule has 2 heteroatoms. The van der Waals surface area contributed by atoms with Crippen molar-refractivity contribution in [2.75, 3.05) is 6.61 Å². The second-order valence-electron chi connectivity index (χ2n) is 3.47. The largest absolute Gasteiger partial charge is 0.394 e. The molecule has 2 N–H and O–H groups in total. The number of hydrogen-bond acceptors (Lipinski definition) is 2. The molecule has 13 heavy (non-hydrogen) atoms. The van der Waals surface area contributed by atoms with Crippen LogP contribution in [0.3, 0.4) is 0 Å². The molecule has 0 spiro atoms. The molecule has 0 aliphatic carbocycles. The lowest BCUT2D eigenvalue weighted by atomic mass is 10.1. The lowest BCUT2D eigenvalue weighted by Gasteiger charge is -2.19. The summed E-state index contributed by atoms with van der Waals surface area (Å²) >= 11 is 0. The Bertz CT molecular complexity index is 233. The molecule has 0 aliphatic rings. The zero-order valence-corrected chi connectivity index (χ0v) is 8.20. The van der Waals surface area contributed by atoms with Gasteiger partial charge in [0, 0.05) is 6.04 Å². The SMILES string of the molecule is CC(C)NC(CO)c1ccccc1. The van der Waals surface area contributed by atoms with E-state index in [1.807, 2.05) is 30.3 Å². The van der Waals surface area contributed by atoms with Crippen LogP contribution in [0.25, 0.3) is 0 Å². The Balaban J connectivity index is 2.67. The maximum atomic E-state index is 9.17. The number of nitrogens with one attached hydrogen (secondary N) is 1. The van der Waals surface area contributed by atoms with E-state index >= 15 is 0 Å². The summed E-state index contributed by atoms with van der Waals surface area (Å²) in [6.45, 7) is 4.29. The molecule has 1 aromatic rings. The van der Waals surface area contributed by atoms with Crippen LogP contribution in [0.2, 0.25) is 0 Å². The molecule has 0 aromatic heterocycles. The predicted octanol–water partition coefficient (Wildman–Crippen LogP) is 1.72. The van der Waals surface area contributed by atoms with E-state index in [1.165, 1.54) is 0 Å². The molecule has 1 unspecified atom stereocenters. The van der Waals surface area contributed by atoms with Crippen molar-refractivity contribution in [2.45, 2.75) is 25.9 Å². The summed E-state index contributed by atoms with van der Waals surface area (Å²) in [5.74, 6) is 0. The van der Waals surface area contributed by atoms with Gasteiger partial charge in [-0.3, -0.25) is 0 Å². The van der Waals surface area contributed by atoms with Gasteiger partial charge < -0.3 is 10.4 Å². The third-order valence-corrected chi connectivity index (χ3v) is 1.92. The summed E-state index contributed by atoms with van der Waals surface area (Å²) in [5, 5.41) is 12.5. The molecule has 0 bridgehead atoms. The first-order chi connectivity index (χ1) is 6.24. The van der Waals surface area contributed by atoms with Gasteiger partial charge in [0.25, 0.3) is 0 Å². The van der Waals surface area contributed by atoms with Gasteiger partial charge in [0.2, 0.25) is 0 Å². The highest BCUT2D eigenvalue weighted by atomic mass is 16.3. The first kappa shape index (κ1) is 10.2. The van der Waals surface area contributed by atoms with Gasteiger partial charge in [-0.15, -0.1) is 0 Å². The van der Waals surface area contributed by atoms with Crippen LogP contribution in [-0.2, 0) is 0 Å². The van der Waals surface area contributed by atoms with Crippen molar-refractivity contribution in [3.8, 4) is 0 Å². The maximum Gasteiger partial charge on any atom is 0.0626 e. The zero-order chi connectivity index (χ0) is 9.68. The van der Waals surface area contributed by atoms with Gasteiger partial charge in [0.1, 0.15) is 0 Å². The molecule has 2 nitrogen and oxygen atoms in total. The fourth-order valence-electron chi connectivity index (χ4n) is 1.34. The molecular formula is C11H17NO. The summed E-state index contributed by atoms with van der Waals surface area (Å²) in [4.78, 5) is 0. The van der Waals surface area contributed by atoms with Crippen LogP contribution in [0.5, 0.6) is 0 Å². The minimum absolute atomic E-state index is 0.0567. The Labute approximate surface area is 79.6 Å². The quantitative estimate of drug-likeness (QED) is 0.737. The number of hydrogen-bond donors (Lipinski definition) is 2. The average Bonchev–Trinajstić information content (AvgIpc) is 2.15. The Morgan fingerprint density at radius 2 is 1.85 bits per heavy atom. The third kappa shape index (κ3) is 3.17. The molecule has 0 saturated heterocycles. The van der Waals surface area contributed by atoms with Crippen LogP contribution < -0.4 is 5.32 Å². The molecule has 0 heterocycles. The fraction of sp³-hybridized carbons (Fsp3) is 0.455. The van der Waals surface area contributed by atoms with E-state index in [9.17, 15) is 0 Å². The molecule has 0 radical (unpaired) electrons. The van der Waals surface area contributed by atoms with Crippen molar-refractivity contribution in [2.24, 2.45) is 0 Å². The molecule has 1 aromatic carbocycles. The van der Waals surface area contributed by atoms with Crippen LogP contribution >= 0.6 is 0 Å². The molecule has 1 rings (SSSR count). The molecule has 0 amide bonds. The highest BCUT2D eigenvalue weighted by molar-refractivity contribution is 5.18. The molecule has 0 saturated carbocycles. The van der Waals surface area contributed by atoms with Gasteiger partial charge in [-0.1, -0.05) is 44.2 Å². The number of benzene rings is 1. The van der Waals surface area contributed by atoms with Gasteiger partial charge in [0.05, 0.1) is 12.6 Å². The third-order valence-electron chi connectivity index (χ3n) is 1.92. The van der Waals surface area contributed by atoms with Crippen molar-refractivity contribution < 1.29 is 5.11 Å². The predicted molar refractivity (Wildman–Crippen MR) is 54.5 cm³/mol. The van der Waals surface area contributed by atoms with Gasteiger partial charge in [0.15, 0.2) is 0 Å². The van der Waals surface area contributed by atoms with Crippen LogP contribution in [0, 0.1) is 0 Å². The van der Waals surface area contributed by atoms with Crippen molar-refractivity contribution in [3.05, 3.63) is 35.9 Å². The molecule has 0 fully saturated rings. The fourth-order valence-corrected chi connectivity index (χ4v) is 1.34. The Kier molecular flexibility index (Phi) is 3.93. The zero-order valence-electron chi connectivity index (χ0n) is 8.20. The van der Waals surface area contributed by atoms with Crippen molar-refractivity contribution in [3.63, 3.8) is 0 Å². The van der Waals surface area contributed by atoms with E-state index in [4.69, 9.17) is 5.11 Å². The van der Waals surface area contributed by atoms with Crippen molar-refractivity contribution in [1.29, 1.82) is 0 Å². The van der Waals surface area contributed by atoms with Crippen LogP contribution in [-0.4, -0.2) is 17.8 Å². The maximum absolute atomic E-state index is 9.17. The minimum atomic E-state index is 0.0567. The van der Waals surface area contributed by atoms with Crippen LogP contribution in [0.4, 0.5) is 0 Å². The van der Waals surface area contributed by atoms with Gasteiger partial charge in [-0.2, -0.15) is 0 Å².